The molecule has 2 aliphatic carbocycles. The largest absolute Gasteiger partial charge is 0.393 e. The molecule has 0 aromatic heterocycles. The van der Waals surface area contributed by atoms with Crippen LogP contribution in [-0.2, 0) is 22.3 Å². The number of rotatable bonds is 6. The number of fused-ring (bicyclic) bond motifs is 2. The molecule has 0 radical (unpaired) electrons. The van der Waals surface area contributed by atoms with Crippen LogP contribution in [0.15, 0.2) is 48.5 Å². The molecule has 2 N–H and O–H groups in total. The first kappa shape index (κ1) is 26.5. The van der Waals surface area contributed by atoms with Crippen LogP contribution in [0.3, 0.4) is 0 Å². The zero-order valence-electron chi connectivity index (χ0n) is 21.7. The Balaban J connectivity index is 0.000000148. The van der Waals surface area contributed by atoms with Crippen LogP contribution in [0.5, 0.6) is 0 Å². The molecule has 0 amide bonds. The molecule has 2 aliphatic heterocycles. The molecule has 0 spiro atoms. The molecule has 2 saturated heterocycles. The van der Waals surface area contributed by atoms with E-state index in [0.29, 0.717) is 0 Å². The van der Waals surface area contributed by atoms with Crippen molar-refractivity contribution in [2.45, 2.75) is 88.6 Å². The van der Waals surface area contributed by atoms with Crippen LogP contribution in [0.2, 0.25) is 10.0 Å². The summed E-state index contributed by atoms with van der Waals surface area (Å²) in [6.07, 6.45) is 6.02. The summed E-state index contributed by atoms with van der Waals surface area (Å²) in [5.41, 5.74) is 1.61. The first-order valence-corrected chi connectivity index (χ1v) is 13.8. The lowest BCUT2D eigenvalue weighted by atomic mass is 9.77. The Morgan fingerprint density at radius 3 is 1.22 bits per heavy atom. The van der Waals surface area contributed by atoms with Gasteiger partial charge in [0.25, 0.3) is 0 Å². The third-order valence-corrected chi connectivity index (χ3v) is 10.4. The highest BCUT2D eigenvalue weighted by Crippen LogP contribution is 2.69. The van der Waals surface area contributed by atoms with Crippen molar-refractivity contribution in [1.82, 2.24) is 0 Å². The van der Waals surface area contributed by atoms with Gasteiger partial charge in [-0.25, -0.2) is 0 Å². The normalized spacial score (nSPS) is 36.4. The molecule has 2 saturated carbocycles. The lowest BCUT2D eigenvalue weighted by Gasteiger charge is -2.26. The molecule has 0 bridgehead atoms. The SMILES string of the molecule is CC1(C)CC[C@@]2(Cc3ccc(Cl)cc3)O[C@@]12CO.CC1(C)CC[C@]2(Cc3ccc(Cl)cc3)O[C@]12CO. The zero-order chi connectivity index (χ0) is 26.0. The molecule has 2 aromatic rings. The van der Waals surface area contributed by atoms with Crippen molar-refractivity contribution in [3.05, 3.63) is 69.7 Å². The van der Waals surface area contributed by atoms with Crippen LogP contribution >= 0.6 is 23.2 Å². The lowest BCUT2D eigenvalue weighted by molar-refractivity contribution is 0.0595. The van der Waals surface area contributed by atoms with Crippen molar-refractivity contribution in [2.24, 2.45) is 10.8 Å². The van der Waals surface area contributed by atoms with Gasteiger partial charge in [0.05, 0.1) is 13.2 Å². The molecule has 2 heterocycles. The fraction of sp³-hybridized carbons (Fsp3) is 0.600. The van der Waals surface area contributed by atoms with Gasteiger partial charge in [-0.1, -0.05) is 75.2 Å². The van der Waals surface area contributed by atoms with Gasteiger partial charge in [-0.3, -0.25) is 0 Å². The number of epoxide rings is 2. The smallest absolute Gasteiger partial charge is 0.126 e. The second-order valence-electron chi connectivity index (χ2n) is 12.5. The zero-order valence-corrected chi connectivity index (χ0v) is 23.3. The van der Waals surface area contributed by atoms with E-state index < -0.39 is 0 Å². The van der Waals surface area contributed by atoms with Gasteiger partial charge in [-0.2, -0.15) is 0 Å². The first-order chi connectivity index (χ1) is 16.9. The molecular weight excluding hydrogens is 495 g/mol. The highest BCUT2D eigenvalue weighted by molar-refractivity contribution is 6.30. The van der Waals surface area contributed by atoms with E-state index in [-0.39, 0.29) is 46.4 Å². The van der Waals surface area contributed by atoms with Crippen molar-refractivity contribution in [1.29, 1.82) is 0 Å². The third-order valence-electron chi connectivity index (χ3n) is 9.87. The Kier molecular flexibility index (Phi) is 6.39. The van der Waals surface area contributed by atoms with Crippen molar-refractivity contribution < 1.29 is 19.7 Å². The predicted molar refractivity (Wildman–Crippen MR) is 144 cm³/mol. The van der Waals surface area contributed by atoms with Gasteiger partial charge < -0.3 is 19.7 Å². The lowest BCUT2D eigenvalue weighted by Crippen LogP contribution is -2.37. The van der Waals surface area contributed by atoms with Crippen LogP contribution in [0.25, 0.3) is 0 Å². The average molecular weight is 534 g/mol. The quantitative estimate of drug-likeness (QED) is 0.422. The maximum atomic E-state index is 9.74. The third kappa shape index (κ3) is 3.87. The number of benzene rings is 2. The summed E-state index contributed by atoms with van der Waals surface area (Å²) in [5, 5.41) is 21.0. The Morgan fingerprint density at radius 1 is 0.611 bits per heavy atom. The Labute approximate surface area is 224 Å². The van der Waals surface area contributed by atoms with Gasteiger partial charge in [0.2, 0.25) is 0 Å². The molecule has 36 heavy (non-hydrogen) atoms. The van der Waals surface area contributed by atoms with Gasteiger partial charge >= 0.3 is 0 Å². The van der Waals surface area contributed by atoms with Crippen LogP contribution in [-0.4, -0.2) is 45.8 Å². The summed E-state index contributed by atoms with van der Waals surface area (Å²) >= 11 is 11.8. The van der Waals surface area contributed by atoms with Crippen molar-refractivity contribution in [3.8, 4) is 0 Å². The number of halogens is 2. The Bertz CT molecular complexity index is 1030. The molecule has 4 nitrogen and oxygen atoms in total. The minimum atomic E-state index is -0.334. The number of aliphatic hydroxyl groups excluding tert-OH is 2. The summed E-state index contributed by atoms with van der Waals surface area (Å²) < 4.78 is 12.1. The highest BCUT2D eigenvalue weighted by Gasteiger charge is 2.79. The second kappa shape index (κ2) is 8.69. The van der Waals surface area contributed by atoms with Crippen molar-refractivity contribution in [3.63, 3.8) is 0 Å². The average Bonchev–Trinajstić information content (AvgIpc) is 3.67. The summed E-state index contributed by atoms with van der Waals surface area (Å²) in [7, 11) is 0. The van der Waals surface area contributed by atoms with E-state index in [0.717, 1.165) is 48.6 Å². The fourth-order valence-corrected chi connectivity index (χ4v) is 7.50. The minimum absolute atomic E-state index is 0.0637. The molecule has 6 rings (SSSR count). The molecule has 4 fully saturated rings. The summed E-state index contributed by atoms with van der Waals surface area (Å²) in [5.74, 6) is 0. The first-order valence-electron chi connectivity index (χ1n) is 13.0. The number of hydrogen-bond acceptors (Lipinski definition) is 4. The van der Waals surface area contributed by atoms with E-state index >= 15 is 0 Å². The highest BCUT2D eigenvalue weighted by atomic mass is 35.5. The second-order valence-corrected chi connectivity index (χ2v) is 13.4. The molecule has 4 aliphatic rings. The molecule has 2 aromatic carbocycles. The summed E-state index contributed by atoms with van der Waals surface area (Å²) in [6, 6.07) is 15.8. The van der Waals surface area contributed by atoms with Crippen molar-refractivity contribution in [2.75, 3.05) is 13.2 Å². The maximum Gasteiger partial charge on any atom is 0.126 e. The topological polar surface area (TPSA) is 65.5 Å². The molecule has 4 atom stereocenters. The van der Waals surface area contributed by atoms with E-state index in [2.05, 4.69) is 27.7 Å². The van der Waals surface area contributed by atoms with E-state index in [1.807, 2.05) is 48.5 Å². The summed E-state index contributed by atoms with van der Waals surface area (Å²) in [6.45, 7) is 9.01. The van der Waals surface area contributed by atoms with Gasteiger partial charge in [0.15, 0.2) is 0 Å². The van der Waals surface area contributed by atoms with Crippen LogP contribution < -0.4 is 0 Å². The van der Waals surface area contributed by atoms with Gasteiger partial charge in [0, 0.05) is 22.9 Å². The predicted octanol–water partition coefficient (Wildman–Crippen LogP) is 6.41. The molecular formula is C30H38Cl2O4. The van der Waals surface area contributed by atoms with Crippen molar-refractivity contribution >= 4 is 23.2 Å². The Morgan fingerprint density at radius 2 is 0.944 bits per heavy atom. The molecule has 0 unspecified atom stereocenters. The standard InChI is InChI=1S/2C15H19ClO2/c2*1-13(2)7-8-14(15(13,10-17)18-14)9-11-3-5-12(16)6-4-11/h2*3-6,17H,7-10H2,1-2H3/t2*14-,15-/m10/s1. The Hall–Kier alpha value is -1.14. The van der Waals surface area contributed by atoms with Crippen LogP contribution in [0.1, 0.15) is 64.5 Å². The monoisotopic (exact) mass is 532 g/mol. The number of aliphatic hydroxyl groups is 2. The van der Waals surface area contributed by atoms with Gasteiger partial charge in [-0.05, 0) is 71.9 Å². The fourth-order valence-electron chi connectivity index (χ4n) is 7.24. The maximum absolute atomic E-state index is 9.74. The van der Waals surface area contributed by atoms with Gasteiger partial charge in [0.1, 0.15) is 22.4 Å². The number of ether oxygens (including phenoxy) is 2. The van der Waals surface area contributed by atoms with Gasteiger partial charge in [-0.15, -0.1) is 0 Å². The number of hydrogen-bond donors (Lipinski definition) is 2. The van der Waals surface area contributed by atoms with Crippen LogP contribution in [0, 0.1) is 10.8 Å². The van der Waals surface area contributed by atoms with E-state index in [9.17, 15) is 10.2 Å². The van der Waals surface area contributed by atoms with E-state index in [4.69, 9.17) is 32.7 Å². The van der Waals surface area contributed by atoms with Crippen LogP contribution in [0.4, 0.5) is 0 Å². The summed E-state index contributed by atoms with van der Waals surface area (Å²) in [4.78, 5) is 0. The van der Waals surface area contributed by atoms with E-state index in [1.165, 1.54) is 11.1 Å². The minimum Gasteiger partial charge on any atom is -0.393 e. The molecule has 6 heteroatoms. The van der Waals surface area contributed by atoms with E-state index in [1.54, 1.807) is 0 Å². The molecule has 196 valence electrons.